The number of aliphatic hydroxyl groups excluding tert-OH is 1. The molecule has 0 unspecified atom stereocenters. The molecule has 0 fully saturated rings. The minimum atomic E-state index is -0.521. The van der Waals surface area contributed by atoms with Gasteiger partial charge < -0.3 is 9.90 Å². The van der Waals surface area contributed by atoms with Gasteiger partial charge in [-0.2, -0.15) is 0 Å². The molecule has 0 aliphatic carbocycles. The van der Waals surface area contributed by atoms with Gasteiger partial charge in [-0.25, -0.2) is 0 Å². The van der Waals surface area contributed by atoms with Gasteiger partial charge in [-0.1, -0.05) is 20.8 Å². The van der Waals surface area contributed by atoms with Gasteiger partial charge in [0.05, 0.1) is 10.7 Å². The summed E-state index contributed by atoms with van der Waals surface area (Å²) < 4.78 is 0.134. The van der Waals surface area contributed by atoms with Crippen molar-refractivity contribution in [3.8, 4) is 0 Å². The Balaban J connectivity index is 4.08. The third-order valence-corrected chi connectivity index (χ3v) is 4.39. The van der Waals surface area contributed by atoms with Gasteiger partial charge in [0.25, 0.3) is 0 Å². The van der Waals surface area contributed by atoms with Crippen LogP contribution in [0.3, 0.4) is 0 Å². The normalized spacial score (nSPS) is 15.8. The number of carbonyl (C=O) groups excluding carboxylic acids is 1. The number of carbonyl (C=O) groups is 1. The molecule has 0 saturated carbocycles. The molecular formula is C9H18O2S2. The van der Waals surface area contributed by atoms with E-state index < -0.39 is 6.10 Å². The average molecular weight is 222 g/mol. The van der Waals surface area contributed by atoms with Gasteiger partial charge >= 0.3 is 0 Å². The average Bonchev–Trinajstić information content (AvgIpc) is 2.15. The van der Waals surface area contributed by atoms with Crippen LogP contribution in [0.15, 0.2) is 0 Å². The quantitative estimate of drug-likeness (QED) is 0.528. The lowest BCUT2D eigenvalue weighted by Gasteiger charge is -2.23. The first kappa shape index (κ1) is 13.3. The number of hydrogen-bond donors (Lipinski definition) is 1. The molecule has 0 aliphatic rings. The molecule has 2 atom stereocenters. The van der Waals surface area contributed by atoms with Crippen LogP contribution in [0.1, 0.15) is 20.8 Å². The summed E-state index contributed by atoms with van der Waals surface area (Å²) in [5.74, 6) is 1.68. The van der Waals surface area contributed by atoms with Crippen molar-refractivity contribution in [3.63, 3.8) is 0 Å². The highest BCUT2D eigenvalue weighted by molar-refractivity contribution is 8.17. The molecule has 0 aromatic heterocycles. The van der Waals surface area contributed by atoms with Gasteiger partial charge in [0.2, 0.25) is 0 Å². The zero-order chi connectivity index (χ0) is 10.3. The minimum Gasteiger partial charge on any atom is -0.390 e. The lowest BCUT2D eigenvalue weighted by Crippen LogP contribution is -2.28. The summed E-state index contributed by atoms with van der Waals surface area (Å²) in [6.45, 7) is 5.88. The summed E-state index contributed by atoms with van der Waals surface area (Å²) in [6.07, 6.45) is 0.303. The third kappa shape index (κ3) is 4.93. The first-order valence-electron chi connectivity index (χ1n) is 4.53. The highest BCUT2D eigenvalue weighted by Gasteiger charge is 2.24. The molecule has 4 heteroatoms. The van der Waals surface area contributed by atoms with E-state index in [2.05, 4.69) is 13.8 Å². The summed E-state index contributed by atoms with van der Waals surface area (Å²) in [7, 11) is 0. The zero-order valence-corrected chi connectivity index (χ0v) is 10.0. The van der Waals surface area contributed by atoms with Gasteiger partial charge in [-0.05, 0) is 11.5 Å². The van der Waals surface area contributed by atoms with E-state index in [9.17, 15) is 9.90 Å². The summed E-state index contributed by atoms with van der Waals surface area (Å²) in [4.78, 5) is 10.5. The highest BCUT2D eigenvalue weighted by Crippen LogP contribution is 2.29. The number of aldehydes is 1. The van der Waals surface area contributed by atoms with E-state index >= 15 is 0 Å². The predicted molar refractivity (Wildman–Crippen MR) is 61.3 cm³/mol. The Morgan fingerprint density at radius 2 is 1.77 bits per heavy atom. The Bertz CT molecular complexity index is 136. The van der Waals surface area contributed by atoms with Crippen LogP contribution in [0.25, 0.3) is 0 Å². The fourth-order valence-electron chi connectivity index (χ4n) is 0.902. The highest BCUT2D eigenvalue weighted by atomic mass is 32.2. The Labute approximate surface area is 88.9 Å². The van der Waals surface area contributed by atoms with E-state index in [1.165, 1.54) is 0 Å². The Hall–Kier alpha value is 0.330. The number of thioether (sulfide) groups is 2. The molecule has 0 heterocycles. The first-order chi connectivity index (χ1) is 6.17. The smallest absolute Gasteiger partial charge is 0.125 e. The predicted octanol–water partition coefficient (Wildman–Crippen LogP) is 2.01. The van der Waals surface area contributed by atoms with E-state index in [4.69, 9.17) is 0 Å². The maximum absolute atomic E-state index is 10.5. The third-order valence-electron chi connectivity index (χ3n) is 1.69. The first-order valence-corrected chi connectivity index (χ1v) is 6.63. The lowest BCUT2D eigenvalue weighted by molar-refractivity contribution is -0.113. The summed E-state index contributed by atoms with van der Waals surface area (Å²) >= 11 is 3.41. The molecule has 0 aromatic rings. The minimum absolute atomic E-state index is 0.134. The lowest BCUT2D eigenvalue weighted by atomic mass is 10.1. The van der Waals surface area contributed by atoms with Gasteiger partial charge in [-0.15, -0.1) is 23.5 Å². The van der Waals surface area contributed by atoms with Crippen LogP contribution in [-0.4, -0.2) is 33.6 Å². The topological polar surface area (TPSA) is 37.3 Å². The van der Waals surface area contributed by atoms with E-state index in [1.54, 1.807) is 30.4 Å². The zero-order valence-electron chi connectivity index (χ0n) is 8.40. The Morgan fingerprint density at radius 1 is 1.31 bits per heavy atom. The largest absolute Gasteiger partial charge is 0.390 e. The van der Waals surface area contributed by atoms with Gasteiger partial charge in [0.15, 0.2) is 0 Å². The van der Waals surface area contributed by atoms with Crippen molar-refractivity contribution >= 4 is 29.8 Å². The molecule has 0 bridgehead atoms. The van der Waals surface area contributed by atoms with Crippen molar-refractivity contribution < 1.29 is 9.90 Å². The molecule has 0 saturated heterocycles. The van der Waals surface area contributed by atoms with E-state index in [1.807, 2.05) is 0 Å². The molecule has 0 aliphatic heterocycles. The van der Waals surface area contributed by atoms with Crippen molar-refractivity contribution in [3.05, 3.63) is 0 Å². The van der Waals surface area contributed by atoms with Crippen molar-refractivity contribution in [2.45, 2.75) is 31.5 Å². The monoisotopic (exact) mass is 222 g/mol. The van der Waals surface area contributed by atoms with Crippen LogP contribution in [0.4, 0.5) is 0 Å². The summed E-state index contributed by atoms with van der Waals surface area (Å²) in [5, 5.41) is 9.77. The van der Waals surface area contributed by atoms with Crippen LogP contribution in [0, 0.1) is 5.92 Å². The van der Waals surface area contributed by atoms with Gasteiger partial charge in [0, 0.05) is 5.92 Å². The molecule has 78 valence electrons. The SMILES string of the molecule is CCSC(SCC)[C@H](O)[C@H](C)C=O. The fraction of sp³-hybridized carbons (Fsp3) is 0.889. The molecule has 1 N–H and O–H groups in total. The van der Waals surface area contributed by atoms with Crippen molar-refractivity contribution in [2.24, 2.45) is 5.92 Å². The Kier molecular flexibility index (Phi) is 7.90. The number of hydrogen-bond acceptors (Lipinski definition) is 4. The Morgan fingerprint density at radius 3 is 2.08 bits per heavy atom. The molecule has 0 spiro atoms. The van der Waals surface area contributed by atoms with Crippen molar-refractivity contribution in [2.75, 3.05) is 11.5 Å². The second-order valence-corrected chi connectivity index (χ2v) is 5.90. The molecule has 13 heavy (non-hydrogen) atoms. The van der Waals surface area contributed by atoms with Crippen LogP contribution in [0.2, 0.25) is 0 Å². The number of rotatable bonds is 7. The molecule has 0 aromatic carbocycles. The van der Waals surface area contributed by atoms with Gasteiger partial charge in [0.1, 0.15) is 6.29 Å². The van der Waals surface area contributed by atoms with Crippen LogP contribution in [0.5, 0.6) is 0 Å². The van der Waals surface area contributed by atoms with E-state index in [0.29, 0.717) is 0 Å². The molecule has 0 radical (unpaired) electrons. The summed E-state index contributed by atoms with van der Waals surface area (Å²) in [6, 6.07) is 0. The standard InChI is InChI=1S/C9H18O2S2/c1-4-12-9(13-5-2)8(11)7(3)6-10/h6-9,11H,4-5H2,1-3H3/t7-,8-/m1/s1. The molecule has 0 rings (SSSR count). The summed E-state index contributed by atoms with van der Waals surface area (Å²) in [5.41, 5.74) is 0. The van der Waals surface area contributed by atoms with Crippen molar-refractivity contribution in [1.29, 1.82) is 0 Å². The fourth-order valence-corrected chi connectivity index (χ4v) is 3.65. The van der Waals surface area contributed by atoms with E-state index in [0.717, 1.165) is 17.8 Å². The van der Waals surface area contributed by atoms with Crippen LogP contribution < -0.4 is 0 Å². The van der Waals surface area contributed by atoms with Crippen molar-refractivity contribution in [1.82, 2.24) is 0 Å². The molecule has 0 amide bonds. The maximum Gasteiger partial charge on any atom is 0.125 e. The van der Waals surface area contributed by atoms with Gasteiger partial charge in [-0.3, -0.25) is 0 Å². The second-order valence-electron chi connectivity index (χ2n) is 2.76. The van der Waals surface area contributed by atoms with E-state index in [-0.39, 0.29) is 10.5 Å². The molecular weight excluding hydrogens is 204 g/mol. The second kappa shape index (κ2) is 7.71. The van der Waals surface area contributed by atoms with Crippen LogP contribution in [-0.2, 0) is 4.79 Å². The number of aliphatic hydroxyl groups is 1. The van der Waals surface area contributed by atoms with Crippen LogP contribution >= 0.6 is 23.5 Å². The maximum atomic E-state index is 10.5. The molecule has 2 nitrogen and oxygen atoms in total.